The summed E-state index contributed by atoms with van der Waals surface area (Å²) >= 11 is 0. The second kappa shape index (κ2) is 4.48. The second-order valence-corrected chi connectivity index (χ2v) is 4.84. The predicted molar refractivity (Wildman–Crippen MR) is 50.6 cm³/mol. The number of hydrogen-bond acceptors (Lipinski definition) is 1. The Morgan fingerprint density at radius 3 is 2.36 bits per heavy atom. The fourth-order valence-corrected chi connectivity index (χ4v) is 2.33. The molecule has 0 aromatic heterocycles. The number of aliphatic hydroxyl groups is 1. The summed E-state index contributed by atoms with van der Waals surface area (Å²) in [7, 11) is -0.296. The third-order valence-electron chi connectivity index (χ3n) is 1.67. The van der Waals surface area contributed by atoms with Crippen molar-refractivity contribution in [3.63, 3.8) is 0 Å². The normalized spacial score (nSPS) is 12.9. The molecule has 2 heteroatoms. The lowest BCUT2D eigenvalue weighted by molar-refractivity contribution is 0.371. The zero-order valence-electron chi connectivity index (χ0n) is 6.70. The lowest BCUT2D eigenvalue weighted by Crippen LogP contribution is -2.03. The third kappa shape index (κ3) is 2.28. The van der Waals surface area contributed by atoms with Gasteiger partial charge in [0.2, 0.25) is 0 Å². The van der Waals surface area contributed by atoms with Gasteiger partial charge in [-0.3, -0.25) is 0 Å². The summed E-state index contributed by atoms with van der Waals surface area (Å²) in [6, 6.07) is 10.2. The molecule has 1 unspecified atom stereocenters. The van der Waals surface area contributed by atoms with E-state index in [9.17, 15) is 0 Å². The molecular formula is C9H13OP. The zero-order valence-corrected chi connectivity index (χ0v) is 7.59. The van der Waals surface area contributed by atoms with E-state index in [0.717, 1.165) is 6.16 Å². The lowest BCUT2D eigenvalue weighted by Gasteiger charge is -2.11. The van der Waals surface area contributed by atoms with Gasteiger partial charge in [0.05, 0.1) is 6.35 Å². The fourth-order valence-electron chi connectivity index (χ4n) is 1.00. The van der Waals surface area contributed by atoms with Gasteiger partial charge in [-0.15, -0.1) is 0 Å². The van der Waals surface area contributed by atoms with Gasteiger partial charge in [-0.25, -0.2) is 0 Å². The number of hydrogen-bond donors (Lipinski definition) is 1. The van der Waals surface area contributed by atoms with Crippen LogP contribution >= 0.6 is 7.92 Å². The van der Waals surface area contributed by atoms with Crippen LogP contribution in [0.1, 0.15) is 6.92 Å². The number of benzene rings is 1. The van der Waals surface area contributed by atoms with Crippen LogP contribution < -0.4 is 5.30 Å². The van der Waals surface area contributed by atoms with Gasteiger partial charge in [-0.05, 0) is 19.4 Å². The Hall–Kier alpha value is -0.390. The summed E-state index contributed by atoms with van der Waals surface area (Å²) in [5, 5.41) is 10.3. The minimum Gasteiger partial charge on any atom is -0.392 e. The first kappa shape index (κ1) is 8.70. The summed E-state index contributed by atoms with van der Waals surface area (Å²) in [5.74, 6) is 0. The topological polar surface area (TPSA) is 20.2 Å². The third-order valence-corrected chi connectivity index (χ3v) is 3.81. The van der Waals surface area contributed by atoms with Crippen molar-refractivity contribution in [1.29, 1.82) is 0 Å². The van der Waals surface area contributed by atoms with E-state index in [-0.39, 0.29) is 7.92 Å². The molecule has 0 spiro atoms. The van der Waals surface area contributed by atoms with E-state index in [2.05, 4.69) is 19.1 Å². The van der Waals surface area contributed by atoms with Crippen LogP contribution in [0.5, 0.6) is 0 Å². The van der Waals surface area contributed by atoms with E-state index in [1.165, 1.54) is 5.30 Å². The van der Waals surface area contributed by atoms with Crippen LogP contribution in [0.4, 0.5) is 0 Å². The van der Waals surface area contributed by atoms with E-state index in [1.807, 2.05) is 18.2 Å². The van der Waals surface area contributed by atoms with Crippen LogP contribution in [-0.4, -0.2) is 17.6 Å². The van der Waals surface area contributed by atoms with Crippen molar-refractivity contribution in [2.75, 3.05) is 12.5 Å². The standard InChI is InChI=1S/C9H13OP/c1-2-11(8-10)9-6-4-3-5-7-9/h3-7,10H,2,8H2,1H3. The molecule has 1 aromatic carbocycles. The molecule has 0 fully saturated rings. The zero-order chi connectivity index (χ0) is 8.10. The smallest absolute Gasteiger partial charge is 0.0666 e. The molecule has 0 heterocycles. The first-order valence-electron chi connectivity index (χ1n) is 3.79. The Bertz CT molecular complexity index is 194. The molecule has 1 aromatic rings. The summed E-state index contributed by atoms with van der Waals surface area (Å²) in [4.78, 5) is 0. The maximum Gasteiger partial charge on any atom is 0.0666 e. The van der Waals surface area contributed by atoms with Gasteiger partial charge in [0.25, 0.3) is 0 Å². The fraction of sp³-hybridized carbons (Fsp3) is 0.333. The second-order valence-electron chi connectivity index (χ2n) is 2.33. The van der Waals surface area contributed by atoms with Crippen molar-refractivity contribution in [1.82, 2.24) is 0 Å². The Balaban J connectivity index is 2.74. The van der Waals surface area contributed by atoms with Gasteiger partial charge in [0.15, 0.2) is 0 Å². The van der Waals surface area contributed by atoms with Crippen LogP contribution in [0.2, 0.25) is 0 Å². The molecule has 11 heavy (non-hydrogen) atoms. The largest absolute Gasteiger partial charge is 0.392 e. The molecule has 60 valence electrons. The Labute approximate surface area is 68.8 Å². The predicted octanol–water partition coefficient (Wildman–Crippen LogP) is 1.76. The molecule has 0 aliphatic rings. The lowest BCUT2D eigenvalue weighted by atomic mass is 10.4. The average Bonchev–Trinajstić information content (AvgIpc) is 2.09. The minimum atomic E-state index is -0.296. The highest BCUT2D eigenvalue weighted by molar-refractivity contribution is 7.65. The van der Waals surface area contributed by atoms with Crippen molar-refractivity contribution < 1.29 is 5.11 Å². The summed E-state index contributed by atoms with van der Waals surface area (Å²) in [6.07, 6.45) is 1.38. The quantitative estimate of drug-likeness (QED) is 0.682. The first-order chi connectivity index (χ1) is 5.38. The van der Waals surface area contributed by atoms with Gasteiger partial charge in [-0.2, -0.15) is 0 Å². The maximum absolute atomic E-state index is 9.01. The van der Waals surface area contributed by atoms with Crippen LogP contribution in [0.15, 0.2) is 30.3 Å². The molecule has 1 rings (SSSR count). The van der Waals surface area contributed by atoms with Crippen LogP contribution in [0, 0.1) is 0 Å². The molecule has 0 saturated carbocycles. The molecule has 1 N–H and O–H groups in total. The van der Waals surface area contributed by atoms with Crippen molar-refractivity contribution in [3.05, 3.63) is 30.3 Å². The highest BCUT2D eigenvalue weighted by Crippen LogP contribution is 2.31. The summed E-state index contributed by atoms with van der Waals surface area (Å²) in [5.41, 5.74) is 0. The molecule has 0 radical (unpaired) electrons. The molecule has 1 nitrogen and oxygen atoms in total. The van der Waals surface area contributed by atoms with E-state index < -0.39 is 0 Å². The van der Waals surface area contributed by atoms with E-state index in [1.54, 1.807) is 0 Å². The summed E-state index contributed by atoms with van der Waals surface area (Å²) in [6.45, 7) is 2.12. The molecule has 0 aliphatic heterocycles. The van der Waals surface area contributed by atoms with Crippen molar-refractivity contribution in [2.24, 2.45) is 0 Å². The number of rotatable bonds is 3. The Morgan fingerprint density at radius 1 is 1.27 bits per heavy atom. The van der Waals surface area contributed by atoms with Gasteiger partial charge in [-0.1, -0.05) is 37.3 Å². The molecule has 0 aliphatic carbocycles. The van der Waals surface area contributed by atoms with Gasteiger partial charge in [0.1, 0.15) is 0 Å². The van der Waals surface area contributed by atoms with Crippen LogP contribution in [-0.2, 0) is 0 Å². The monoisotopic (exact) mass is 168 g/mol. The highest BCUT2D eigenvalue weighted by atomic mass is 31.1. The number of aliphatic hydroxyl groups excluding tert-OH is 1. The molecule has 0 bridgehead atoms. The molecular weight excluding hydrogens is 155 g/mol. The van der Waals surface area contributed by atoms with Gasteiger partial charge in [0, 0.05) is 0 Å². The first-order valence-corrected chi connectivity index (χ1v) is 5.50. The van der Waals surface area contributed by atoms with Gasteiger partial charge < -0.3 is 5.11 Å². The van der Waals surface area contributed by atoms with Crippen LogP contribution in [0.3, 0.4) is 0 Å². The maximum atomic E-state index is 9.01. The van der Waals surface area contributed by atoms with E-state index >= 15 is 0 Å². The van der Waals surface area contributed by atoms with Crippen molar-refractivity contribution in [2.45, 2.75) is 6.92 Å². The Kier molecular flexibility index (Phi) is 3.55. The van der Waals surface area contributed by atoms with Crippen LogP contribution in [0.25, 0.3) is 0 Å². The molecule has 0 saturated heterocycles. The van der Waals surface area contributed by atoms with E-state index in [4.69, 9.17) is 5.11 Å². The molecule has 1 atom stereocenters. The van der Waals surface area contributed by atoms with Crippen molar-refractivity contribution in [3.8, 4) is 0 Å². The SMILES string of the molecule is CCP(CO)c1ccccc1. The van der Waals surface area contributed by atoms with Gasteiger partial charge >= 0.3 is 0 Å². The Morgan fingerprint density at radius 2 is 1.91 bits per heavy atom. The van der Waals surface area contributed by atoms with E-state index in [0.29, 0.717) is 6.35 Å². The molecule has 0 amide bonds. The van der Waals surface area contributed by atoms with Crippen molar-refractivity contribution >= 4 is 13.2 Å². The average molecular weight is 168 g/mol. The summed E-state index contributed by atoms with van der Waals surface area (Å²) < 4.78 is 0. The highest BCUT2D eigenvalue weighted by Gasteiger charge is 2.04. The minimum absolute atomic E-state index is 0.296.